The highest BCUT2D eigenvalue weighted by Gasteiger charge is 2.34. The zero-order chi connectivity index (χ0) is 18.1. The Morgan fingerprint density at radius 2 is 2.32 bits per heavy atom. The number of aliphatic hydroxyl groups is 1. The van der Waals surface area contributed by atoms with Crippen molar-refractivity contribution in [2.45, 2.75) is 46.0 Å². The minimum Gasteiger partial charge on any atom is -0.396 e. The van der Waals surface area contributed by atoms with Crippen LogP contribution in [0.25, 0.3) is 0 Å². The van der Waals surface area contributed by atoms with Gasteiger partial charge in [-0.25, -0.2) is 4.98 Å². The largest absolute Gasteiger partial charge is 0.396 e. The van der Waals surface area contributed by atoms with Crippen LogP contribution in [0.3, 0.4) is 0 Å². The average molecular weight is 369 g/mol. The van der Waals surface area contributed by atoms with Crippen LogP contribution in [0.15, 0.2) is 10.4 Å². The normalized spacial score (nSPS) is 21.1. The van der Waals surface area contributed by atoms with E-state index in [0.29, 0.717) is 19.1 Å². The topological polar surface area (TPSA) is 78.8 Å². The molecule has 1 atom stereocenters. The molecule has 0 aliphatic carbocycles. The lowest BCUT2D eigenvalue weighted by molar-refractivity contribution is 0.131. The lowest BCUT2D eigenvalue weighted by atomic mass is 9.84. The highest BCUT2D eigenvalue weighted by molar-refractivity contribution is 7.09. The second-order valence-corrected chi connectivity index (χ2v) is 7.87. The van der Waals surface area contributed by atoms with Crippen molar-refractivity contribution < 1.29 is 9.84 Å². The summed E-state index contributed by atoms with van der Waals surface area (Å²) < 4.78 is 5.54. The molecule has 1 saturated heterocycles. The van der Waals surface area contributed by atoms with Crippen molar-refractivity contribution in [2.24, 2.45) is 10.4 Å². The van der Waals surface area contributed by atoms with Crippen molar-refractivity contribution in [1.29, 1.82) is 0 Å². The Labute approximate surface area is 155 Å². The van der Waals surface area contributed by atoms with Gasteiger partial charge in [0.15, 0.2) is 5.96 Å². The molecule has 0 bridgehead atoms. The van der Waals surface area contributed by atoms with Crippen LogP contribution in [0.2, 0.25) is 0 Å². The molecule has 1 unspecified atom stereocenters. The molecule has 1 aromatic rings. The van der Waals surface area contributed by atoms with E-state index in [9.17, 15) is 5.11 Å². The van der Waals surface area contributed by atoms with Gasteiger partial charge in [-0.1, -0.05) is 13.8 Å². The van der Waals surface area contributed by atoms with Crippen molar-refractivity contribution in [3.8, 4) is 0 Å². The Hall–Kier alpha value is -1.18. The van der Waals surface area contributed by atoms with Crippen molar-refractivity contribution in [3.05, 3.63) is 16.1 Å². The average Bonchev–Trinajstić information content (AvgIpc) is 3.23. The molecule has 6 nitrogen and oxygen atoms in total. The molecule has 25 heavy (non-hydrogen) atoms. The number of guanidine groups is 1. The van der Waals surface area contributed by atoms with Gasteiger partial charge in [0.1, 0.15) is 0 Å². The van der Waals surface area contributed by atoms with Gasteiger partial charge in [-0.15, -0.1) is 11.3 Å². The molecule has 1 aliphatic rings. The second kappa shape index (κ2) is 10.1. The first-order valence-corrected chi connectivity index (χ1v) is 10.1. The number of nitrogens with one attached hydrogen (secondary N) is 2. The van der Waals surface area contributed by atoms with E-state index in [0.717, 1.165) is 50.6 Å². The minimum absolute atomic E-state index is 0.0157. The molecule has 2 heterocycles. The first kappa shape index (κ1) is 20.1. The standard InChI is InChI=1S/C18H32N4O2S/c1-4-19-17(21-12-18(6-9-23)7-10-24-13-18)20-8-5-15-11-25-16(22-15)14(2)3/h11,14,23H,4-10,12-13H2,1-3H3,(H2,19,20,21). The predicted molar refractivity (Wildman–Crippen MR) is 103 cm³/mol. The summed E-state index contributed by atoms with van der Waals surface area (Å²) in [5, 5.41) is 19.4. The van der Waals surface area contributed by atoms with Crippen LogP contribution >= 0.6 is 11.3 Å². The fraction of sp³-hybridized carbons (Fsp3) is 0.778. The zero-order valence-electron chi connectivity index (χ0n) is 15.7. The fourth-order valence-corrected chi connectivity index (χ4v) is 3.76. The van der Waals surface area contributed by atoms with Gasteiger partial charge in [0.05, 0.1) is 23.9 Å². The number of hydrogen-bond donors (Lipinski definition) is 3. The third-order valence-corrected chi connectivity index (χ3v) is 5.68. The Morgan fingerprint density at radius 1 is 1.48 bits per heavy atom. The maximum Gasteiger partial charge on any atom is 0.191 e. The summed E-state index contributed by atoms with van der Waals surface area (Å²) in [7, 11) is 0. The van der Waals surface area contributed by atoms with Gasteiger partial charge in [0.25, 0.3) is 0 Å². The molecule has 3 N–H and O–H groups in total. The lowest BCUT2D eigenvalue weighted by Crippen LogP contribution is -2.39. The van der Waals surface area contributed by atoms with Crippen LogP contribution in [-0.4, -0.2) is 55.5 Å². The Morgan fingerprint density at radius 3 is 2.92 bits per heavy atom. The third-order valence-electron chi connectivity index (χ3n) is 4.48. The van der Waals surface area contributed by atoms with Gasteiger partial charge in [0.2, 0.25) is 0 Å². The molecule has 0 spiro atoms. The molecule has 2 rings (SSSR count). The molecule has 7 heteroatoms. The summed E-state index contributed by atoms with van der Waals surface area (Å²) in [5.41, 5.74) is 1.12. The van der Waals surface area contributed by atoms with E-state index in [2.05, 4.69) is 41.8 Å². The smallest absolute Gasteiger partial charge is 0.191 e. The van der Waals surface area contributed by atoms with Crippen molar-refractivity contribution >= 4 is 17.3 Å². The first-order valence-electron chi connectivity index (χ1n) is 9.23. The summed E-state index contributed by atoms with van der Waals surface area (Å²) in [6.07, 6.45) is 2.60. The number of thiazole rings is 1. The highest BCUT2D eigenvalue weighted by atomic mass is 32.1. The molecular formula is C18H32N4O2S. The van der Waals surface area contributed by atoms with Gasteiger partial charge in [0, 0.05) is 49.4 Å². The molecule has 0 amide bonds. The number of aromatic nitrogens is 1. The lowest BCUT2D eigenvalue weighted by Gasteiger charge is -2.24. The monoisotopic (exact) mass is 368 g/mol. The molecule has 1 aromatic heterocycles. The van der Waals surface area contributed by atoms with Gasteiger partial charge in [-0.3, -0.25) is 4.99 Å². The molecule has 0 radical (unpaired) electrons. The maximum atomic E-state index is 9.33. The number of hydrogen-bond acceptors (Lipinski definition) is 5. The number of aliphatic hydroxyl groups excluding tert-OH is 1. The molecular weight excluding hydrogens is 336 g/mol. The van der Waals surface area contributed by atoms with E-state index in [1.165, 1.54) is 5.01 Å². The molecule has 142 valence electrons. The van der Waals surface area contributed by atoms with Crippen LogP contribution in [-0.2, 0) is 11.2 Å². The molecule has 0 aromatic carbocycles. The highest BCUT2D eigenvalue weighted by Crippen LogP contribution is 2.32. The van der Waals surface area contributed by atoms with Gasteiger partial charge >= 0.3 is 0 Å². The van der Waals surface area contributed by atoms with Gasteiger partial charge < -0.3 is 20.5 Å². The van der Waals surface area contributed by atoms with E-state index < -0.39 is 0 Å². The maximum absolute atomic E-state index is 9.33. The number of rotatable bonds is 9. The fourth-order valence-electron chi connectivity index (χ4n) is 2.89. The summed E-state index contributed by atoms with van der Waals surface area (Å²) in [6.45, 7) is 10.4. The zero-order valence-corrected chi connectivity index (χ0v) is 16.5. The Bertz CT molecular complexity index is 539. The van der Waals surface area contributed by atoms with Crippen LogP contribution in [0.4, 0.5) is 0 Å². The second-order valence-electron chi connectivity index (χ2n) is 6.98. The van der Waals surface area contributed by atoms with E-state index >= 15 is 0 Å². The summed E-state index contributed by atoms with van der Waals surface area (Å²) in [5.74, 6) is 1.31. The van der Waals surface area contributed by atoms with E-state index in [-0.39, 0.29) is 12.0 Å². The first-order chi connectivity index (χ1) is 12.1. The third kappa shape index (κ3) is 6.24. The quantitative estimate of drug-likeness (QED) is 0.460. The summed E-state index contributed by atoms with van der Waals surface area (Å²) >= 11 is 1.74. The van der Waals surface area contributed by atoms with Gasteiger partial charge in [-0.2, -0.15) is 0 Å². The minimum atomic E-state index is -0.0157. The van der Waals surface area contributed by atoms with Gasteiger partial charge in [-0.05, 0) is 19.8 Å². The SMILES string of the molecule is CCNC(=NCC1(CCO)CCOC1)NCCc1csc(C(C)C)n1. The Kier molecular flexibility index (Phi) is 8.12. The Balaban J connectivity index is 1.86. The summed E-state index contributed by atoms with van der Waals surface area (Å²) in [6, 6.07) is 0. The number of ether oxygens (including phenoxy) is 1. The predicted octanol–water partition coefficient (Wildman–Crippen LogP) is 2.15. The molecule has 1 fully saturated rings. The number of nitrogens with zero attached hydrogens (tertiary/aromatic N) is 2. The van der Waals surface area contributed by atoms with E-state index in [1.54, 1.807) is 11.3 Å². The van der Waals surface area contributed by atoms with E-state index in [1.807, 2.05) is 0 Å². The van der Waals surface area contributed by atoms with Crippen LogP contribution in [0.1, 0.15) is 50.2 Å². The van der Waals surface area contributed by atoms with Crippen molar-refractivity contribution in [2.75, 3.05) is 39.5 Å². The number of aliphatic imine (C=N–C) groups is 1. The van der Waals surface area contributed by atoms with Crippen LogP contribution in [0.5, 0.6) is 0 Å². The van der Waals surface area contributed by atoms with Crippen molar-refractivity contribution in [3.63, 3.8) is 0 Å². The van der Waals surface area contributed by atoms with Crippen LogP contribution in [0, 0.1) is 5.41 Å². The van der Waals surface area contributed by atoms with E-state index in [4.69, 9.17) is 9.73 Å². The van der Waals surface area contributed by atoms with Crippen molar-refractivity contribution in [1.82, 2.24) is 15.6 Å². The van der Waals surface area contributed by atoms with Crippen LogP contribution < -0.4 is 10.6 Å². The summed E-state index contributed by atoms with van der Waals surface area (Å²) in [4.78, 5) is 9.41. The molecule has 1 aliphatic heterocycles. The molecule has 0 saturated carbocycles.